The molecule has 0 fully saturated rings. The predicted molar refractivity (Wildman–Crippen MR) is 92.3 cm³/mol. The molecule has 2 rings (SSSR count). The lowest BCUT2D eigenvalue weighted by atomic mass is 10.1. The van der Waals surface area contributed by atoms with E-state index in [1.54, 1.807) is 32.6 Å². The lowest BCUT2D eigenvalue weighted by Gasteiger charge is -2.09. The van der Waals surface area contributed by atoms with E-state index in [4.69, 9.17) is 9.47 Å². The normalized spacial score (nSPS) is 10.8. The minimum absolute atomic E-state index is 0.00521. The summed E-state index contributed by atoms with van der Waals surface area (Å²) in [7, 11) is 3.12. The average Bonchev–Trinajstić information content (AvgIpc) is 2.53. The van der Waals surface area contributed by atoms with Gasteiger partial charge in [0.2, 0.25) is 0 Å². The highest BCUT2D eigenvalue weighted by atomic mass is 79.9. The number of hydrogen-bond acceptors (Lipinski definition) is 5. The first-order chi connectivity index (χ1) is 11.0. The molecule has 2 aromatic carbocycles. The molecule has 0 saturated carbocycles. The van der Waals surface area contributed by atoms with E-state index in [9.17, 15) is 10.1 Å². The van der Waals surface area contributed by atoms with E-state index in [1.807, 2.05) is 13.0 Å². The van der Waals surface area contributed by atoms with Gasteiger partial charge in [-0.2, -0.15) is 0 Å². The number of methoxy groups -OCH3 is 2. The Hall–Kier alpha value is -2.41. The molecule has 0 amide bonds. The molecule has 7 heteroatoms. The van der Waals surface area contributed by atoms with Gasteiger partial charge in [0.25, 0.3) is 5.69 Å². The Morgan fingerprint density at radius 2 is 1.87 bits per heavy atom. The molecule has 0 saturated heterocycles. The number of nitro groups is 1. The number of ether oxygens (including phenoxy) is 2. The Bertz CT molecular complexity index is 775. The third kappa shape index (κ3) is 3.87. The van der Waals surface area contributed by atoms with Crippen LogP contribution < -0.4 is 9.47 Å². The number of hydrogen-bond donors (Lipinski definition) is 0. The van der Waals surface area contributed by atoms with E-state index >= 15 is 0 Å². The van der Waals surface area contributed by atoms with Crippen LogP contribution in [0.15, 0.2) is 39.8 Å². The first kappa shape index (κ1) is 17.0. The van der Waals surface area contributed by atoms with Gasteiger partial charge in [-0.3, -0.25) is 15.1 Å². The maximum Gasteiger partial charge on any atom is 0.271 e. The molecular formula is C16H15BrN2O4. The Balaban J connectivity index is 2.42. The molecule has 0 bridgehead atoms. The van der Waals surface area contributed by atoms with Crippen LogP contribution in [0.2, 0.25) is 0 Å². The lowest BCUT2D eigenvalue weighted by Crippen LogP contribution is -1.94. The van der Waals surface area contributed by atoms with Crippen molar-refractivity contribution in [2.75, 3.05) is 14.2 Å². The molecule has 0 heterocycles. The number of nitro benzene ring substituents is 1. The molecule has 0 N–H and O–H groups in total. The van der Waals surface area contributed by atoms with Crippen LogP contribution in [0.4, 0.5) is 11.4 Å². The van der Waals surface area contributed by atoms with Gasteiger partial charge in [-0.05, 0) is 34.5 Å². The average molecular weight is 379 g/mol. The summed E-state index contributed by atoms with van der Waals surface area (Å²) >= 11 is 3.41. The second-order valence-corrected chi connectivity index (χ2v) is 5.57. The molecule has 0 aliphatic rings. The zero-order valence-corrected chi connectivity index (χ0v) is 14.5. The van der Waals surface area contributed by atoms with Gasteiger partial charge < -0.3 is 9.47 Å². The highest BCUT2D eigenvalue weighted by Crippen LogP contribution is 2.32. The third-order valence-corrected chi connectivity index (χ3v) is 3.87. The van der Waals surface area contributed by atoms with Crippen molar-refractivity contribution in [3.05, 3.63) is 56.0 Å². The molecule has 0 atom stereocenters. The zero-order valence-electron chi connectivity index (χ0n) is 12.9. The van der Waals surface area contributed by atoms with Crippen molar-refractivity contribution in [2.24, 2.45) is 4.99 Å². The van der Waals surface area contributed by atoms with Gasteiger partial charge in [-0.15, -0.1) is 0 Å². The van der Waals surface area contributed by atoms with Crippen molar-refractivity contribution in [1.82, 2.24) is 0 Å². The molecular weight excluding hydrogens is 364 g/mol. The summed E-state index contributed by atoms with van der Waals surface area (Å²) in [5.74, 6) is 1.24. The summed E-state index contributed by atoms with van der Waals surface area (Å²) in [6.45, 7) is 1.84. The van der Waals surface area contributed by atoms with Gasteiger partial charge >= 0.3 is 0 Å². The van der Waals surface area contributed by atoms with Crippen LogP contribution in [0.25, 0.3) is 0 Å². The van der Waals surface area contributed by atoms with Crippen molar-refractivity contribution in [3.63, 3.8) is 0 Å². The molecule has 23 heavy (non-hydrogen) atoms. The van der Waals surface area contributed by atoms with Crippen LogP contribution in [0.1, 0.15) is 11.1 Å². The monoisotopic (exact) mass is 378 g/mol. The fraction of sp³-hybridized carbons (Fsp3) is 0.188. The molecule has 0 aromatic heterocycles. The molecule has 2 aromatic rings. The molecule has 120 valence electrons. The minimum Gasteiger partial charge on any atom is -0.496 e. The van der Waals surface area contributed by atoms with Crippen LogP contribution in [0.5, 0.6) is 11.5 Å². The smallest absolute Gasteiger partial charge is 0.271 e. The van der Waals surface area contributed by atoms with Crippen molar-refractivity contribution < 1.29 is 14.4 Å². The van der Waals surface area contributed by atoms with Crippen LogP contribution in [-0.2, 0) is 0 Å². The van der Waals surface area contributed by atoms with Crippen LogP contribution in [-0.4, -0.2) is 25.4 Å². The third-order valence-electron chi connectivity index (χ3n) is 3.25. The number of aryl methyl sites for hydroxylation is 1. The van der Waals surface area contributed by atoms with E-state index < -0.39 is 4.92 Å². The van der Waals surface area contributed by atoms with E-state index in [2.05, 4.69) is 20.9 Å². The van der Waals surface area contributed by atoms with E-state index in [0.717, 1.165) is 15.6 Å². The molecule has 6 nitrogen and oxygen atoms in total. The molecule has 0 spiro atoms. The van der Waals surface area contributed by atoms with Crippen LogP contribution >= 0.6 is 15.9 Å². The molecule has 0 radical (unpaired) electrons. The van der Waals surface area contributed by atoms with E-state index in [0.29, 0.717) is 17.2 Å². The Kier molecular flexibility index (Phi) is 5.33. The predicted octanol–water partition coefficient (Wildman–Crippen LogP) is 4.43. The number of aliphatic imine (C=N–C) groups is 1. The largest absolute Gasteiger partial charge is 0.496 e. The number of rotatable bonds is 5. The van der Waals surface area contributed by atoms with Gasteiger partial charge in [0.15, 0.2) is 0 Å². The fourth-order valence-electron chi connectivity index (χ4n) is 1.97. The van der Waals surface area contributed by atoms with Gasteiger partial charge in [0.05, 0.1) is 29.3 Å². The van der Waals surface area contributed by atoms with E-state index in [-0.39, 0.29) is 5.69 Å². The summed E-state index contributed by atoms with van der Waals surface area (Å²) in [6, 6.07) is 8.13. The number of nitrogens with zero attached hydrogens (tertiary/aromatic N) is 2. The summed E-state index contributed by atoms with van der Waals surface area (Å²) in [4.78, 5) is 14.8. The lowest BCUT2D eigenvalue weighted by molar-refractivity contribution is -0.384. The maximum atomic E-state index is 10.9. The highest BCUT2D eigenvalue weighted by Gasteiger charge is 2.10. The second-order valence-electron chi connectivity index (χ2n) is 4.71. The number of benzene rings is 2. The quantitative estimate of drug-likeness (QED) is 0.438. The standard InChI is InChI=1S/C16H15BrN2O4/c1-10-4-5-12(19(20)21)7-14(10)18-9-11-6-13(17)16(23-3)8-15(11)22-2/h4-9H,1-3H3. The fourth-order valence-corrected chi connectivity index (χ4v) is 2.50. The Morgan fingerprint density at radius 1 is 1.17 bits per heavy atom. The van der Waals surface area contributed by atoms with Gasteiger partial charge in [0.1, 0.15) is 11.5 Å². The van der Waals surface area contributed by atoms with Crippen molar-refractivity contribution >= 4 is 33.5 Å². The van der Waals surface area contributed by atoms with E-state index in [1.165, 1.54) is 12.1 Å². The van der Waals surface area contributed by atoms with Crippen molar-refractivity contribution in [2.45, 2.75) is 6.92 Å². The number of halogens is 1. The maximum absolute atomic E-state index is 10.9. The first-order valence-electron chi connectivity index (χ1n) is 6.67. The van der Waals surface area contributed by atoms with Crippen LogP contribution in [0, 0.1) is 17.0 Å². The molecule has 0 aliphatic heterocycles. The molecule has 0 unspecified atom stereocenters. The summed E-state index contributed by atoms with van der Waals surface area (Å²) in [5.41, 5.74) is 2.11. The Labute approximate surface area is 142 Å². The first-order valence-corrected chi connectivity index (χ1v) is 7.46. The van der Waals surface area contributed by atoms with Crippen LogP contribution in [0.3, 0.4) is 0 Å². The second kappa shape index (κ2) is 7.23. The van der Waals surface area contributed by atoms with Gasteiger partial charge in [-0.1, -0.05) is 6.07 Å². The summed E-state index contributed by atoms with van der Waals surface area (Å²) < 4.78 is 11.3. The molecule has 0 aliphatic carbocycles. The summed E-state index contributed by atoms with van der Waals surface area (Å²) in [6.07, 6.45) is 1.61. The zero-order chi connectivity index (χ0) is 17.0. The van der Waals surface area contributed by atoms with Gasteiger partial charge in [-0.25, -0.2) is 0 Å². The van der Waals surface area contributed by atoms with Crippen molar-refractivity contribution in [1.29, 1.82) is 0 Å². The topological polar surface area (TPSA) is 74.0 Å². The summed E-state index contributed by atoms with van der Waals surface area (Å²) in [5, 5.41) is 10.9. The Morgan fingerprint density at radius 3 is 2.48 bits per heavy atom. The highest BCUT2D eigenvalue weighted by molar-refractivity contribution is 9.10. The minimum atomic E-state index is -0.441. The number of non-ortho nitro benzene ring substituents is 1. The van der Waals surface area contributed by atoms with Crippen molar-refractivity contribution in [3.8, 4) is 11.5 Å². The SMILES string of the molecule is COc1cc(OC)c(C=Nc2cc([N+](=O)[O-])ccc2C)cc1Br. The van der Waals surface area contributed by atoms with Gasteiger partial charge in [0, 0.05) is 30.0 Å².